The lowest BCUT2D eigenvalue weighted by Crippen LogP contribution is -2.16. The van der Waals surface area contributed by atoms with Gasteiger partial charge in [-0.3, -0.25) is 0 Å². The number of nitrogens with two attached hydrogens (primary N) is 1. The van der Waals surface area contributed by atoms with Gasteiger partial charge in [0.1, 0.15) is 5.69 Å². The third-order valence-electron chi connectivity index (χ3n) is 5.28. The fourth-order valence-corrected chi connectivity index (χ4v) is 4.44. The number of nitrogens with one attached hydrogen (secondary N) is 1. The zero-order valence-corrected chi connectivity index (χ0v) is 10.8. The molecule has 0 spiro atoms. The molecule has 4 unspecified atom stereocenters. The van der Waals surface area contributed by atoms with Crippen molar-refractivity contribution < 1.29 is 13.2 Å². The van der Waals surface area contributed by atoms with Gasteiger partial charge in [-0.2, -0.15) is 13.2 Å². The summed E-state index contributed by atoms with van der Waals surface area (Å²) in [5, 5.41) is 3.23. The predicted molar refractivity (Wildman–Crippen MR) is 68.9 cm³/mol. The Kier molecular flexibility index (Phi) is 2.34. The lowest BCUT2D eigenvalue weighted by molar-refractivity contribution is -0.141. The van der Waals surface area contributed by atoms with Crippen LogP contribution in [0, 0.1) is 23.7 Å². The van der Waals surface area contributed by atoms with E-state index in [-0.39, 0.29) is 5.69 Å². The highest BCUT2D eigenvalue weighted by Crippen LogP contribution is 2.66. The van der Waals surface area contributed by atoms with Crippen LogP contribution in [0.15, 0.2) is 12.3 Å². The number of hydrogen-bond donors (Lipinski definition) is 2. The van der Waals surface area contributed by atoms with Crippen molar-refractivity contribution in [3.8, 4) is 0 Å². The first-order valence-electron chi connectivity index (χ1n) is 7.04. The number of anilines is 2. The summed E-state index contributed by atoms with van der Waals surface area (Å²) in [6.45, 7) is 0. The number of halogens is 3. The van der Waals surface area contributed by atoms with Gasteiger partial charge in [-0.1, -0.05) is 0 Å². The summed E-state index contributed by atoms with van der Waals surface area (Å²) in [6.07, 6.45) is 0.543. The van der Waals surface area contributed by atoms with E-state index >= 15 is 0 Å². The Morgan fingerprint density at radius 2 is 1.85 bits per heavy atom. The fraction of sp³-hybridized carbons (Fsp3) is 0.643. The van der Waals surface area contributed by atoms with Crippen LogP contribution in [0.4, 0.5) is 24.5 Å². The first-order chi connectivity index (χ1) is 9.45. The number of pyridine rings is 1. The fourth-order valence-electron chi connectivity index (χ4n) is 4.44. The monoisotopic (exact) mass is 283 g/mol. The number of nitrogen functional groups attached to an aromatic ring is 1. The van der Waals surface area contributed by atoms with Crippen LogP contribution in [0.1, 0.15) is 25.0 Å². The van der Waals surface area contributed by atoms with Gasteiger partial charge >= 0.3 is 6.18 Å². The first-order valence-corrected chi connectivity index (χ1v) is 7.04. The molecule has 3 N–H and O–H groups in total. The SMILES string of the molecule is Nc1cnc(C(F)(F)F)cc1NC1C2C3CCC(C3)C12. The molecule has 3 aliphatic rings. The Morgan fingerprint density at radius 1 is 1.20 bits per heavy atom. The number of hydrogen-bond acceptors (Lipinski definition) is 3. The minimum Gasteiger partial charge on any atom is -0.396 e. The number of fused-ring (bicyclic) bond motifs is 5. The molecule has 0 aliphatic heterocycles. The van der Waals surface area contributed by atoms with Crippen LogP contribution in [0.3, 0.4) is 0 Å². The van der Waals surface area contributed by atoms with Gasteiger partial charge in [-0.15, -0.1) is 0 Å². The third-order valence-corrected chi connectivity index (χ3v) is 5.28. The molecule has 0 saturated heterocycles. The van der Waals surface area contributed by atoms with Gasteiger partial charge in [0.05, 0.1) is 17.6 Å². The van der Waals surface area contributed by atoms with Crippen molar-refractivity contribution in [2.24, 2.45) is 23.7 Å². The molecule has 0 aromatic carbocycles. The van der Waals surface area contributed by atoms with E-state index in [9.17, 15) is 13.2 Å². The van der Waals surface area contributed by atoms with Crippen LogP contribution in [0.2, 0.25) is 0 Å². The number of alkyl halides is 3. The smallest absolute Gasteiger partial charge is 0.396 e. The molecule has 3 fully saturated rings. The lowest BCUT2D eigenvalue weighted by atomic mass is 10.0. The molecular formula is C14H16F3N3. The van der Waals surface area contributed by atoms with Gasteiger partial charge in [-0.05, 0) is 49.0 Å². The van der Waals surface area contributed by atoms with Crippen LogP contribution < -0.4 is 11.1 Å². The van der Waals surface area contributed by atoms with Gasteiger partial charge in [0.2, 0.25) is 0 Å². The molecule has 0 amide bonds. The summed E-state index contributed by atoms with van der Waals surface area (Å²) >= 11 is 0. The highest BCUT2D eigenvalue weighted by Gasteiger charge is 2.65. The van der Waals surface area contributed by atoms with Crippen molar-refractivity contribution in [1.29, 1.82) is 0 Å². The normalized spacial score (nSPS) is 37.9. The molecule has 1 aromatic heterocycles. The molecule has 4 atom stereocenters. The van der Waals surface area contributed by atoms with Gasteiger partial charge in [0.25, 0.3) is 0 Å². The molecule has 2 bridgehead atoms. The molecule has 1 heterocycles. The van der Waals surface area contributed by atoms with E-state index in [0.717, 1.165) is 24.1 Å². The van der Waals surface area contributed by atoms with Crippen LogP contribution in [-0.2, 0) is 6.18 Å². The van der Waals surface area contributed by atoms with E-state index in [1.165, 1.54) is 19.3 Å². The van der Waals surface area contributed by atoms with E-state index in [2.05, 4.69) is 10.3 Å². The Labute approximate surface area is 114 Å². The molecule has 3 nitrogen and oxygen atoms in total. The van der Waals surface area contributed by atoms with Crippen molar-refractivity contribution in [1.82, 2.24) is 4.98 Å². The maximum absolute atomic E-state index is 12.7. The second-order valence-corrected chi connectivity index (χ2v) is 6.31. The van der Waals surface area contributed by atoms with E-state index < -0.39 is 11.9 Å². The maximum atomic E-state index is 12.7. The second kappa shape index (κ2) is 3.80. The average molecular weight is 283 g/mol. The molecule has 0 radical (unpaired) electrons. The van der Waals surface area contributed by atoms with Gasteiger partial charge in [0.15, 0.2) is 0 Å². The molecule has 6 heteroatoms. The van der Waals surface area contributed by atoms with E-state index in [0.29, 0.717) is 23.6 Å². The van der Waals surface area contributed by atoms with Crippen molar-refractivity contribution >= 4 is 11.4 Å². The Bertz CT molecular complexity index is 541. The summed E-state index contributed by atoms with van der Waals surface area (Å²) in [7, 11) is 0. The highest BCUT2D eigenvalue weighted by atomic mass is 19.4. The zero-order chi connectivity index (χ0) is 14.1. The van der Waals surface area contributed by atoms with Gasteiger partial charge in [0, 0.05) is 6.04 Å². The Hall–Kier alpha value is -1.46. The summed E-state index contributed by atoms with van der Waals surface area (Å²) in [4.78, 5) is 3.36. The second-order valence-electron chi connectivity index (χ2n) is 6.31. The highest BCUT2D eigenvalue weighted by molar-refractivity contribution is 5.66. The number of rotatable bonds is 2. The number of aromatic nitrogens is 1. The van der Waals surface area contributed by atoms with E-state index in [1.807, 2.05) is 0 Å². The Balaban J connectivity index is 1.55. The van der Waals surface area contributed by atoms with Gasteiger partial charge in [-0.25, -0.2) is 4.98 Å². The topological polar surface area (TPSA) is 50.9 Å². The third kappa shape index (κ3) is 1.70. The Morgan fingerprint density at radius 3 is 2.45 bits per heavy atom. The average Bonchev–Trinajstić information content (AvgIpc) is 2.78. The molecular weight excluding hydrogens is 267 g/mol. The summed E-state index contributed by atoms with van der Waals surface area (Å²) in [6, 6.07) is 1.35. The zero-order valence-electron chi connectivity index (χ0n) is 10.8. The van der Waals surface area contributed by atoms with Crippen LogP contribution in [0.5, 0.6) is 0 Å². The van der Waals surface area contributed by atoms with Crippen molar-refractivity contribution in [3.63, 3.8) is 0 Å². The molecule has 4 rings (SSSR count). The molecule has 1 aromatic rings. The number of nitrogens with zero attached hydrogens (tertiary/aromatic N) is 1. The molecule has 20 heavy (non-hydrogen) atoms. The van der Waals surface area contributed by atoms with E-state index in [4.69, 9.17) is 5.73 Å². The minimum atomic E-state index is -4.43. The molecule has 108 valence electrons. The summed E-state index contributed by atoms with van der Waals surface area (Å²) in [5.74, 6) is 2.84. The van der Waals surface area contributed by atoms with E-state index in [1.54, 1.807) is 0 Å². The minimum absolute atomic E-state index is 0.287. The van der Waals surface area contributed by atoms with Crippen LogP contribution in [-0.4, -0.2) is 11.0 Å². The maximum Gasteiger partial charge on any atom is 0.433 e. The van der Waals surface area contributed by atoms with Crippen molar-refractivity contribution in [2.45, 2.75) is 31.5 Å². The largest absolute Gasteiger partial charge is 0.433 e. The predicted octanol–water partition coefficient (Wildman–Crippen LogP) is 3.14. The molecule has 3 saturated carbocycles. The van der Waals surface area contributed by atoms with Crippen LogP contribution in [0.25, 0.3) is 0 Å². The molecule has 3 aliphatic carbocycles. The lowest BCUT2D eigenvalue weighted by Gasteiger charge is -2.15. The first kappa shape index (κ1) is 12.3. The quantitative estimate of drug-likeness (QED) is 0.876. The van der Waals surface area contributed by atoms with Crippen molar-refractivity contribution in [2.75, 3.05) is 11.1 Å². The summed E-state index contributed by atoms with van der Waals surface area (Å²) in [5.41, 5.74) is 5.53. The van der Waals surface area contributed by atoms with Gasteiger partial charge < -0.3 is 11.1 Å². The summed E-state index contributed by atoms with van der Waals surface area (Å²) < 4.78 is 38.1. The van der Waals surface area contributed by atoms with Crippen LogP contribution >= 0.6 is 0 Å². The van der Waals surface area contributed by atoms with Crippen molar-refractivity contribution in [3.05, 3.63) is 18.0 Å². The standard InChI is InChI=1S/C14H16F3N3/c15-14(16,17)10-4-9(8(18)5-19-10)20-13-11-6-1-2-7(3-6)12(11)13/h4-7,11-13H,1-3,18H2,(H,19,20).